The van der Waals surface area contributed by atoms with Crippen LogP contribution < -0.4 is 4.90 Å². The first-order valence-electron chi connectivity index (χ1n) is 19.9. The molecule has 0 aliphatic rings. The van der Waals surface area contributed by atoms with Crippen molar-refractivity contribution in [1.82, 2.24) is 4.57 Å². The highest BCUT2D eigenvalue weighted by molar-refractivity contribution is 6.25. The zero-order valence-electron chi connectivity index (χ0n) is 31.8. The number of anilines is 3. The molecule has 0 bridgehead atoms. The third-order valence-corrected chi connectivity index (χ3v) is 11.5. The van der Waals surface area contributed by atoms with Gasteiger partial charge in [0.2, 0.25) is 0 Å². The molecule has 0 amide bonds. The molecule has 0 aliphatic heterocycles. The van der Waals surface area contributed by atoms with Crippen LogP contribution in [-0.4, -0.2) is 4.57 Å². The monoisotopic (exact) mass is 738 g/mol. The molecule has 1 aromatic heterocycles. The summed E-state index contributed by atoms with van der Waals surface area (Å²) in [7, 11) is 0. The molecule has 0 saturated heterocycles. The molecule has 11 rings (SSSR count). The summed E-state index contributed by atoms with van der Waals surface area (Å²) >= 11 is 0. The van der Waals surface area contributed by atoms with Gasteiger partial charge in [-0.25, -0.2) is 0 Å². The standard InChI is InChI=1S/C56H38N2/c1-3-15-39(16-4-1)41-31-34-46(35-32-41)57(52-27-11-9-24-49(52)42-18-5-2-6-19-42)47-22-14-23-48(38-47)58-53-28-12-10-25-51(53)56-54(58)36-33-43-21-13-26-50(55(43)56)45-30-29-40-17-7-8-20-44(40)37-45/h1-38H. The van der Waals surface area contributed by atoms with Crippen LogP contribution in [0.4, 0.5) is 17.1 Å². The van der Waals surface area contributed by atoms with E-state index in [1.54, 1.807) is 0 Å². The molecule has 1 heterocycles. The summed E-state index contributed by atoms with van der Waals surface area (Å²) in [6.45, 7) is 0. The fourth-order valence-corrected chi connectivity index (χ4v) is 8.88. The summed E-state index contributed by atoms with van der Waals surface area (Å²) < 4.78 is 2.45. The lowest BCUT2D eigenvalue weighted by molar-refractivity contribution is 1.17. The van der Waals surface area contributed by atoms with Crippen LogP contribution in [-0.2, 0) is 0 Å². The van der Waals surface area contributed by atoms with Gasteiger partial charge in [0, 0.05) is 33.4 Å². The summed E-state index contributed by atoms with van der Waals surface area (Å²) in [6, 6.07) is 83.7. The number of nitrogens with zero attached hydrogens (tertiary/aromatic N) is 2. The van der Waals surface area contributed by atoms with Crippen molar-refractivity contribution in [3.8, 4) is 39.1 Å². The molecule has 0 fully saturated rings. The molecule has 2 heteroatoms. The van der Waals surface area contributed by atoms with E-state index in [2.05, 4.69) is 240 Å². The van der Waals surface area contributed by atoms with Gasteiger partial charge in [0.15, 0.2) is 0 Å². The van der Waals surface area contributed by atoms with Crippen LogP contribution in [0.3, 0.4) is 0 Å². The third kappa shape index (κ3) is 5.74. The van der Waals surface area contributed by atoms with E-state index in [0.29, 0.717) is 0 Å². The normalized spacial score (nSPS) is 11.4. The van der Waals surface area contributed by atoms with Gasteiger partial charge < -0.3 is 9.47 Å². The van der Waals surface area contributed by atoms with Gasteiger partial charge in [0.1, 0.15) is 0 Å². The zero-order chi connectivity index (χ0) is 38.4. The Morgan fingerprint density at radius 2 is 0.931 bits per heavy atom. The Labute approximate surface area is 338 Å². The Bertz CT molecular complexity index is 3270. The maximum absolute atomic E-state index is 2.45. The van der Waals surface area contributed by atoms with Gasteiger partial charge in [-0.15, -0.1) is 0 Å². The van der Waals surface area contributed by atoms with E-state index in [1.165, 1.54) is 76.7 Å². The van der Waals surface area contributed by atoms with Crippen molar-refractivity contribution < 1.29 is 0 Å². The number of hydrogen-bond acceptors (Lipinski definition) is 1. The van der Waals surface area contributed by atoms with Crippen LogP contribution in [0.2, 0.25) is 0 Å². The molecule has 10 aromatic carbocycles. The number of hydrogen-bond donors (Lipinski definition) is 0. The summed E-state index contributed by atoms with van der Waals surface area (Å²) in [5.74, 6) is 0. The molecular weight excluding hydrogens is 701 g/mol. The predicted molar refractivity (Wildman–Crippen MR) is 247 cm³/mol. The van der Waals surface area contributed by atoms with E-state index >= 15 is 0 Å². The smallest absolute Gasteiger partial charge is 0.0547 e. The molecule has 272 valence electrons. The summed E-state index contributed by atoms with van der Waals surface area (Å²) in [5.41, 5.74) is 14.0. The van der Waals surface area contributed by atoms with Gasteiger partial charge in [-0.1, -0.05) is 176 Å². The number of rotatable bonds is 7. The highest BCUT2D eigenvalue weighted by Gasteiger charge is 2.21. The van der Waals surface area contributed by atoms with Crippen molar-refractivity contribution in [3.05, 3.63) is 231 Å². The third-order valence-electron chi connectivity index (χ3n) is 11.5. The minimum absolute atomic E-state index is 1.08. The molecule has 58 heavy (non-hydrogen) atoms. The Hall–Kier alpha value is -7.68. The summed E-state index contributed by atoms with van der Waals surface area (Å²) in [6.07, 6.45) is 0. The lowest BCUT2D eigenvalue weighted by Crippen LogP contribution is -2.11. The molecule has 0 aliphatic carbocycles. The van der Waals surface area contributed by atoms with E-state index in [9.17, 15) is 0 Å². The van der Waals surface area contributed by atoms with Gasteiger partial charge in [-0.3, -0.25) is 0 Å². The summed E-state index contributed by atoms with van der Waals surface area (Å²) in [4.78, 5) is 2.40. The fourth-order valence-electron chi connectivity index (χ4n) is 8.88. The Morgan fingerprint density at radius 1 is 0.310 bits per heavy atom. The van der Waals surface area contributed by atoms with E-state index in [-0.39, 0.29) is 0 Å². The minimum atomic E-state index is 1.08. The largest absolute Gasteiger partial charge is 0.310 e. The minimum Gasteiger partial charge on any atom is -0.310 e. The van der Waals surface area contributed by atoms with Gasteiger partial charge in [0.05, 0.1) is 16.7 Å². The average molecular weight is 739 g/mol. The topological polar surface area (TPSA) is 8.17 Å². The maximum atomic E-state index is 2.45. The lowest BCUT2D eigenvalue weighted by Gasteiger charge is -2.28. The van der Waals surface area contributed by atoms with E-state index in [1.807, 2.05) is 0 Å². The van der Waals surface area contributed by atoms with Crippen LogP contribution in [0.15, 0.2) is 231 Å². The highest BCUT2D eigenvalue weighted by atomic mass is 15.1. The molecule has 0 atom stereocenters. The van der Waals surface area contributed by atoms with Gasteiger partial charge in [0.25, 0.3) is 0 Å². The molecule has 0 unspecified atom stereocenters. The number of fused-ring (bicyclic) bond motifs is 6. The Kier molecular flexibility index (Phi) is 8.19. The van der Waals surface area contributed by atoms with Crippen molar-refractivity contribution in [3.63, 3.8) is 0 Å². The number of aromatic nitrogens is 1. The van der Waals surface area contributed by atoms with E-state index in [0.717, 1.165) is 22.7 Å². The van der Waals surface area contributed by atoms with Crippen molar-refractivity contribution in [2.24, 2.45) is 0 Å². The van der Waals surface area contributed by atoms with Gasteiger partial charge >= 0.3 is 0 Å². The van der Waals surface area contributed by atoms with Crippen LogP contribution in [0.5, 0.6) is 0 Å². The molecule has 2 nitrogen and oxygen atoms in total. The maximum Gasteiger partial charge on any atom is 0.0547 e. The molecule has 0 spiro atoms. The predicted octanol–water partition coefficient (Wildman–Crippen LogP) is 15.6. The number of benzene rings is 10. The van der Waals surface area contributed by atoms with E-state index < -0.39 is 0 Å². The molecule has 0 saturated carbocycles. The summed E-state index contributed by atoms with van der Waals surface area (Å²) in [5, 5.41) is 7.52. The van der Waals surface area contributed by atoms with Gasteiger partial charge in [-0.05, 0) is 104 Å². The molecule has 0 N–H and O–H groups in total. The van der Waals surface area contributed by atoms with Crippen molar-refractivity contribution in [1.29, 1.82) is 0 Å². The Balaban J connectivity index is 1.12. The lowest BCUT2D eigenvalue weighted by atomic mass is 9.93. The van der Waals surface area contributed by atoms with Crippen molar-refractivity contribution in [2.45, 2.75) is 0 Å². The molecule has 11 aromatic rings. The second kappa shape index (κ2) is 14.1. The highest BCUT2D eigenvalue weighted by Crippen LogP contribution is 2.44. The van der Waals surface area contributed by atoms with Crippen molar-refractivity contribution >= 4 is 60.4 Å². The van der Waals surface area contributed by atoms with Crippen LogP contribution in [0.25, 0.3) is 82.4 Å². The second-order valence-corrected chi connectivity index (χ2v) is 14.9. The average Bonchev–Trinajstić information content (AvgIpc) is 3.65. The SMILES string of the molecule is c1ccc(-c2ccc(N(c3cccc(-n4c5ccccc5c5c6c(-c7ccc8ccccc8c7)cccc6ccc54)c3)c3ccccc3-c3ccccc3)cc2)cc1. The van der Waals surface area contributed by atoms with Gasteiger partial charge in [-0.2, -0.15) is 0 Å². The molecule has 0 radical (unpaired) electrons. The zero-order valence-corrected chi connectivity index (χ0v) is 31.8. The first kappa shape index (κ1) is 33.6. The van der Waals surface area contributed by atoms with Crippen LogP contribution in [0.1, 0.15) is 0 Å². The first-order chi connectivity index (χ1) is 28.8. The van der Waals surface area contributed by atoms with Crippen molar-refractivity contribution in [2.75, 3.05) is 4.90 Å². The first-order valence-corrected chi connectivity index (χ1v) is 19.9. The fraction of sp³-hybridized carbons (Fsp3) is 0. The van der Waals surface area contributed by atoms with Crippen LogP contribution >= 0.6 is 0 Å². The molecular formula is C56H38N2. The Morgan fingerprint density at radius 3 is 1.78 bits per heavy atom. The second-order valence-electron chi connectivity index (χ2n) is 14.9. The quantitative estimate of drug-likeness (QED) is 0.158. The van der Waals surface area contributed by atoms with E-state index in [4.69, 9.17) is 0 Å². The van der Waals surface area contributed by atoms with Crippen LogP contribution in [0, 0.1) is 0 Å². The number of para-hydroxylation sites is 2.